The Kier molecular flexibility index (Phi) is 5.21. The van der Waals surface area contributed by atoms with E-state index < -0.39 is 15.6 Å². The van der Waals surface area contributed by atoms with Crippen LogP contribution in [0, 0.1) is 11.3 Å². The summed E-state index contributed by atoms with van der Waals surface area (Å²) in [7, 11) is -3.44. The van der Waals surface area contributed by atoms with Crippen LogP contribution in [0.15, 0.2) is 0 Å². The molecule has 0 aromatic rings. The largest absolute Gasteiger partial charge is 0.378 e. The van der Waals surface area contributed by atoms with Crippen LogP contribution in [0.3, 0.4) is 0 Å². The summed E-state index contributed by atoms with van der Waals surface area (Å²) in [5, 5.41) is 8.66. The van der Waals surface area contributed by atoms with E-state index in [4.69, 9.17) is 10.00 Å². The standard InChI is InChI=1S/C9H18N2O3S/c1-8(2)14-5-6-15(12,13)11-9(3,4)7-10/h8,11H,5-6H2,1-4H3. The molecule has 15 heavy (non-hydrogen) atoms. The summed E-state index contributed by atoms with van der Waals surface area (Å²) >= 11 is 0. The van der Waals surface area contributed by atoms with Gasteiger partial charge in [-0.25, -0.2) is 8.42 Å². The molecule has 0 aliphatic rings. The molecule has 0 radical (unpaired) electrons. The van der Waals surface area contributed by atoms with E-state index in [1.807, 2.05) is 19.9 Å². The van der Waals surface area contributed by atoms with Crippen LogP contribution >= 0.6 is 0 Å². The second-order valence-electron chi connectivity index (χ2n) is 4.08. The Bertz CT molecular complexity index is 328. The van der Waals surface area contributed by atoms with Gasteiger partial charge in [-0.15, -0.1) is 0 Å². The van der Waals surface area contributed by atoms with Gasteiger partial charge < -0.3 is 4.74 Å². The Balaban J connectivity index is 4.17. The minimum atomic E-state index is -3.44. The molecule has 0 aliphatic heterocycles. The highest BCUT2D eigenvalue weighted by molar-refractivity contribution is 7.89. The average molecular weight is 234 g/mol. The molecule has 0 rings (SSSR count). The first-order chi connectivity index (χ1) is 6.68. The van der Waals surface area contributed by atoms with Crippen molar-refractivity contribution in [3.8, 4) is 6.07 Å². The first-order valence-electron chi connectivity index (χ1n) is 4.73. The van der Waals surface area contributed by atoms with Gasteiger partial charge in [-0.3, -0.25) is 0 Å². The molecule has 5 nitrogen and oxygen atoms in total. The minimum Gasteiger partial charge on any atom is -0.378 e. The summed E-state index contributed by atoms with van der Waals surface area (Å²) in [6.07, 6.45) is 0.00387. The molecule has 0 saturated carbocycles. The van der Waals surface area contributed by atoms with Gasteiger partial charge in [-0.1, -0.05) is 0 Å². The number of rotatable bonds is 6. The van der Waals surface area contributed by atoms with Crippen molar-refractivity contribution in [1.29, 1.82) is 5.26 Å². The maximum absolute atomic E-state index is 11.4. The SMILES string of the molecule is CC(C)OCCS(=O)(=O)NC(C)(C)C#N. The highest BCUT2D eigenvalue weighted by atomic mass is 32.2. The Labute approximate surface area is 91.5 Å². The summed E-state index contributed by atoms with van der Waals surface area (Å²) < 4.78 is 30.3. The van der Waals surface area contributed by atoms with Crippen LogP contribution < -0.4 is 4.72 Å². The van der Waals surface area contributed by atoms with E-state index in [1.165, 1.54) is 13.8 Å². The lowest BCUT2D eigenvalue weighted by Crippen LogP contribution is -2.43. The van der Waals surface area contributed by atoms with Crippen molar-refractivity contribution >= 4 is 10.0 Å². The zero-order valence-electron chi connectivity index (χ0n) is 9.57. The highest BCUT2D eigenvalue weighted by Gasteiger charge is 2.23. The Morgan fingerprint density at radius 3 is 2.40 bits per heavy atom. The highest BCUT2D eigenvalue weighted by Crippen LogP contribution is 2.02. The van der Waals surface area contributed by atoms with Crippen molar-refractivity contribution in [3.05, 3.63) is 0 Å². The van der Waals surface area contributed by atoms with Crippen molar-refractivity contribution in [1.82, 2.24) is 4.72 Å². The third-order valence-corrected chi connectivity index (χ3v) is 3.02. The maximum atomic E-state index is 11.4. The summed E-state index contributed by atoms with van der Waals surface area (Å²) in [4.78, 5) is 0. The number of nitrogens with one attached hydrogen (secondary N) is 1. The van der Waals surface area contributed by atoms with Crippen LogP contribution in [-0.4, -0.2) is 32.4 Å². The number of hydrogen-bond acceptors (Lipinski definition) is 4. The molecule has 6 heteroatoms. The summed E-state index contributed by atoms with van der Waals surface area (Å²) in [6.45, 7) is 6.81. The fourth-order valence-corrected chi connectivity index (χ4v) is 2.10. The quantitative estimate of drug-likeness (QED) is 0.731. The molecule has 0 amide bonds. The topological polar surface area (TPSA) is 79.2 Å². The molecule has 0 atom stereocenters. The molecule has 1 N–H and O–H groups in total. The number of ether oxygens (including phenoxy) is 1. The number of nitriles is 1. The second kappa shape index (κ2) is 5.45. The predicted molar refractivity (Wildman–Crippen MR) is 57.7 cm³/mol. The van der Waals surface area contributed by atoms with E-state index in [2.05, 4.69) is 4.72 Å². The van der Waals surface area contributed by atoms with Crippen LogP contribution in [0.4, 0.5) is 0 Å². The van der Waals surface area contributed by atoms with E-state index in [-0.39, 0.29) is 18.5 Å². The Morgan fingerprint density at radius 1 is 1.47 bits per heavy atom. The van der Waals surface area contributed by atoms with Crippen LogP contribution in [0.1, 0.15) is 27.7 Å². The Hall–Kier alpha value is -0.640. The van der Waals surface area contributed by atoms with Gasteiger partial charge in [0.2, 0.25) is 10.0 Å². The second-order valence-corrected chi connectivity index (χ2v) is 5.92. The predicted octanol–water partition coefficient (Wildman–Crippen LogP) is 0.633. The molecule has 0 spiro atoms. The van der Waals surface area contributed by atoms with E-state index >= 15 is 0 Å². The first-order valence-corrected chi connectivity index (χ1v) is 6.38. The van der Waals surface area contributed by atoms with Gasteiger partial charge in [-0.2, -0.15) is 9.98 Å². The lowest BCUT2D eigenvalue weighted by molar-refractivity contribution is 0.0911. The van der Waals surface area contributed by atoms with Gasteiger partial charge >= 0.3 is 0 Å². The van der Waals surface area contributed by atoms with E-state index in [0.29, 0.717) is 0 Å². The van der Waals surface area contributed by atoms with Crippen molar-refractivity contribution in [3.63, 3.8) is 0 Å². The molecule has 0 fully saturated rings. The first kappa shape index (κ1) is 14.4. The van der Waals surface area contributed by atoms with E-state index in [1.54, 1.807) is 0 Å². The fraction of sp³-hybridized carbons (Fsp3) is 0.889. The normalized spacial score (nSPS) is 12.8. The monoisotopic (exact) mass is 234 g/mol. The van der Waals surface area contributed by atoms with Crippen LogP contribution in [0.5, 0.6) is 0 Å². The molecule has 0 bridgehead atoms. The minimum absolute atomic E-state index is 0.00387. The zero-order chi connectivity index (χ0) is 12.1. The van der Waals surface area contributed by atoms with Crippen LogP contribution in [0.2, 0.25) is 0 Å². The average Bonchev–Trinajstić information content (AvgIpc) is 2.01. The molecule has 0 heterocycles. The molecule has 0 aromatic heterocycles. The Morgan fingerprint density at radius 2 is 2.00 bits per heavy atom. The number of hydrogen-bond donors (Lipinski definition) is 1. The zero-order valence-corrected chi connectivity index (χ0v) is 10.4. The molecular weight excluding hydrogens is 216 g/mol. The molecular formula is C9H18N2O3S. The van der Waals surface area contributed by atoms with Crippen molar-refractivity contribution in [2.45, 2.75) is 39.3 Å². The van der Waals surface area contributed by atoms with E-state index in [9.17, 15) is 8.42 Å². The van der Waals surface area contributed by atoms with Gasteiger partial charge in [0, 0.05) is 0 Å². The third-order valence-electron chi connectivity index (χ3n) is 1.49. The smallest absolute Gasteiger partial charge is 0.215 e. The van der Waals surface area contributed by atoms with Crippen molar-refractivity contribution in [2.75, 3.05) is 12.4 Å². The van der Waals surface area contributed by atoms with Crippen molar-refractivity contribution in [2.24, 2.45) is 0 Å². The van der Waals surface area contributed by atoms with Crippen LogP contribution in [-0.2, 0) is 14.8 Å². The molecule has 0 aromatic carbocycles. The fourth-order valence-electron chi connectivity index (χ4n) is 0.856. The lowest BCUT2D eigenvalue weighted by atomic mass is 10.1. The number of nitrogens with zero attached hydrogens (tertiary/aromatic N) is 1. The maximum Gasteiger partial charge on any atom is 0.215 e. The van der Waals surface area contributed by atoms with Crippen LogP contribution in [0.25, 0.3) is 0 Å². The van der Waals surface area contributed by atoms with Gasteiger partial charge in [0.25, 0.3) is 0 Å². The number of sulfonamides is 1. The molecule has 88 valence electrons. The summed E-state index contributed by atoms with van der Waals surface area (Å²) in [5.41, 5.74) is -1.07. The van der Waals surface area contributed by atoms with Gasteiger partial charge in [0.05, 0.1) is 24.5 Å². The molecule has 0 saturated heterocycles. The molecule has 0 aliphatic carbocycles. The molecule has 0 unspecified atom stereocenters. The third kappa shape index (κ3) is 7.31. The van der Waals surface area contributed by atoms with Gasteiger partial charge in [0.15, 0.2) is 0 Å². The lowest BCUT2D eigenvalue weighted by Gasteiger charge is -2.17. The van der Waals surface area contributed by atoms with E-state index in [0.717, 1.165) is 0 Å². The van der Waals surface area contributed by atoms with Gasteiger partial charge in [0.1, 0.15) is 5.54 Å². The van der Waals surface area contributed by atoms with Crippen molar-refractivity contribution < 1.29 is 13.2 Å². The summed E-state index contributed by atoms with van der Waals surface area (Å²) in [5.74, 6) is -0.129. The summed E-state index contributed by atoms with van der Waals surface area (Å²) in [6, 6.07) is 1.87. The van der Waals surface area contributed by atoms with Gasteiger partial charge in [-0.05, 0) is 27.7 Å².